The molecule has 118 valence electrons. The van der Waals surface area contributed by atoms with Gasteiger partial charge < -0.3 is 4.74 Å². The van der Waals surface area contributed by atoms with Gasteiger partial charge in [0.2, 0.25) is 10.0 Å². The zero-order valence-electron chi connectivity index (χ0n) is 11.4. The fraction of sp³-hybridized carbons (Fsp3) is 0.538. The van der Waals surface area contributed by atoms with E-state index in [1.807, 2.05) is 0 Å². The number of hydrogen-bond acceptors (Lipinski definition) is 3. The Labute approximate surface area is 121 Å². The summed E-state index contributed by atoms with van der Waals surface area (Å²) >= 11 is 0. The average molecular weight is 323 g/mol. The number of ether oxygens (including phenoxy) is 1. The van der Waals surface area contributed by atoms with E-state index >= 15 is 0 Å². The van der Waals surface area contributed by atoms with E-state index in [9.17, 15) is 21.6 Å². The van der Waals surface area contributed by atoms with E-state index in [1.54, 1.807) is 0 Å². The molecule has 1 fully saturated rings. The summed E-state index contributed by atoms with van der Waals surface area (Å²) in [5.41, 5.74) is 0. The standard InChI is InChI=1S/C13H16F3NO3S/c1-20-10-5-4-6-11(9-10)21(18,19)17-8-3-2-7-12(17)13(14,15)16/h4-6,9,12H,2-3,7-8H2,1H3. The highest BCUT2D eigenvalue weighted by Gasteiger charge is 2.49. The number of alkyl halides is 3. The lowest BCUT2D eigenvalue weighted by molar-refractivity contribution is -0.177. The molecule has 1 aliphatic rings. The largest absolute Gasteiger partial charge is 0.497 e. The van der Waals surface area contributed by atoms with Gasteiger partial charge in [-0.25, -0.2) is 8.42 Å². The van der Waals surface area contributed by atoms with Crippen LogP contribution in [0.1, 0.15) is 19.3 Å². The van der Waals surface area contributed by atoms with Crippen molar-refractivity contribution in [3.8, 4) is 5.75 Å². The first-order valence-corrected chi connectivity index (χ1v) is 7.93. The molecular weight excluding hydrogens is 307 g/mol. The van der Waals surface area contributed by atoms with Crippen molar-refractivity contribution in [2.45, 2.75) is 36.4 Å². The summed E-state index contributed by atoms with van der Waals surface area (Å²) in [6.07, 6.45) is -3.97. The molecule has 1 unspecified atom stereocenters. The van der Waals surface area contributed by atoms with E-state index in [1.165, 1.54) is 31.4 Å². The van der Waals surface area contributed by atoms with Crippen LogP contribution in [0.5, 0.6) is 5.75 Å². The number of hydrogen-bond donors (Lipinski definition) is 0. The van der Waals surface area contributed by atoms with Gasteiger partial charge >= 0.3 is 6.18 Å². The highest BCUT2D eigenvalue weighted by Crippen LogP contribution is 2.35. The van der Waals surface area contributed by atoms with Crippen molar-refractivity contribution in [1.29, 1.82) is 0 Å². The van der Waals surface area contributed by atoms with Crippen molar-refractivity contribution in [3.63, 3.8) is 0 Å². The van der Waals surface area contributed by atoms with Crippen LogP contribution in [0.4, 0.5) is 13.2 Å². The third-order valence-electron chi connectivity index (χ3n) is 3.48. The van der Waals surface area contributed by atoms with Gasteiger partial charge in [0.1, 0.15) is 11.8 Å². The summed E-state index contributed by atoms with van der Waals surface area (Å²) < 4.78 is 69.6. The second kappa shape index (κ2) is 5.84. The van der Waals surface area contributed by atoms with Gasteiger partial charge in [-0.1, -0.05) is 12.5 Å². The molecule has 2 rings (SSSR count). The molecule has 0 aromatic heterocycles. The number of nitrogens with zero attached hydrogens (tertiary/aromatic N) is 1. The molecule has 8 heteroatoms. The van der Waals surface area contributed by atoms with Crippen LogP contribution in [-0.4, -0.2) is 38.6 Å². The number of halogens is 3. The zero-order chi connectivity index (χ0) is 15.7. The molecule has 1 atom stereocenters. The van der Waals surface area contributed by atoms with E-state index in [-0.39, 0.29) is 23.6 Å². The van der Waals surface area contributed by atoms with Gasteiger partial charge in [-0.05, 0) is 25.0 Å². The quantitative estimate of drug-likeness (QED) is 0.859. The van der Waals surface area contributed by atoms with Gasteiger partial charge in [0.25, 0.3) is 0 Å². The molecule has 1 heterocycles. The lowest BCUT2D eigenvalue weighted by Gasteiger charge is -2.35. The Morgan fingerprint density at radius 2 is 2.00 bits per heavy atom. The molecule has 4 nitrogen and oxygen atoms in total. The van der Waals surface area contributed by atoms with Gasteiger partial charge in [-0.3, -0.25) is 0 Å². The number of rotatable bonds is 3. The molecule has 1 aliphatic heterocycles. The van der Waals surface area contributed by atoms with E-state index in [0.717, 1.165) is 0 Å². The maximum absolute atomic E-state index is 13.1. The fourth-order valence-corrected chi connectivity index (χ4v) is 4.13. The predicted octanol–water partition coefficient (Wildman–Crippen LogP) is 2.80. The minimum atomic E-state index is -4.56. The van der Waals surface area contributed by atoms with E-state index in [2.05, 4.69) is 0 Å². The van der Waals surface area contributed by atoms with Gasteiger partial charge in [-0.15, -0.1) is 0 Å². The van der Waals surface area contributed by atoms with Crippen LogP contribution in [-0.2, 0) is 10.0 Å². The summed E-state index contributed by atoms with van der Waals surface area (Å²) in [4.78, 5) is -0.182. The van der Waals surface area contributed by atoms with Crippen LogP contribution in [0.3, 0.4) is 0 Å². The number of benzene rings is 1. The van der Waals surface area contributed by atoms with Crippen LogP contribution in [0.15, 0.2) is 29.2 Å². The second-order valence-electron chi connectivity index (χ2n) is 4.85. The van der Waals surface area contributed by atoms with Crippen molar-refractivity contribution in [2.24, 2.45) is 0 Å². The molecule has 0 N–H and O–H groups in total. The van der Waals surface area contributed by atoms with Crippen LogP contribution in [0.2, 0.25) is 0 Å². The number of piperidine rings is 1. The summed E-state index contributed by atoms with van der Waals surface area (Å²) in [5.74, 6) is 0.289. The summed E-state index contributed by atoms with van der Waals surface area (Å²) in [6, 6.07) is 3.54. The summed E-state index contributed by atoms with van der Waals surface area (Å²) in [6.45, 7) is -0.121. The van der Waals surface area contributed by atoms with E-state index in [4.69, 9.17) is 4.74 Å². The maximum Gasteiger partial charge on any atom is 0.405 e. The molecule has 1 aromatic rings. The smallest absolute Gasteiger partial charge is 0.405 e. The van der Waals surface area contributed by atoms with Crippen molar-refractivity contribution in [1.82, 2.24) is 4.31 Å². The van der Waals surface area contributed by atoms with E-state index < -0.39 is 22.2 Å². The molecular formula is C13H16F3NO3S. The van der Waals surface area contributed by atoms with Crippen molar-refractivity contribution >= 4 is 10.0 Å². The van der Waals surface area contributed by atoms with Crippen LogP contribution >= 0.6 is 0 Å². The summed E-state index contributed by atoms with van der Waals surface area (Å²) in [5, 5.41) is 0. The Bertz CT molecular complexity index is 601. The lowest BCUT2D eigenvalue weighted by atomic mass is 10.0. The minimum absolute atomic E-state index is 0.121. The Morgan fingerprint density at radius 3 is 2.62 bits per heavy atom. The van der Waals surface area contributed by atoms with Gasteiger partial charge in [0, 0.05) is 12.6 Å². The molecule has 0 amide bonds. The normalized spacial score (nSPS) is 21.2. The second-order valence-corrected chi connectivity index (χ2v) is 6.74. The maximum atomic E-state index is 13.1. The van der Waals surface area contributed by atoms with Gasteiger partial charge in [0.15, 0.2) is 0 Å². The number of sulfonamides is 1. The van der Waals surface area contributed by atoms with Crippen LogP contribution in [0, 0.1) is 0 Å². The Kier molecular flexibility index (Phi) is 4.48. The van der Waals surface area contributed by atoms with Crippen LogP contribution in [0.25, 0.3) is 0 Å². The Hall–Kier alpha value is -1.28. The Morgan fingerprint density at radius 1 is 1.29 bits per heavy atom. The van der Waals surface area contributed by atoms with Crippen molar-refractivity contribution < 1.29 is 26.3 Å². The van der Waals surface area contributed by atoms with Crippen LogP contribution < -0.4 is 4.74 Å². The fourth-order valence-electron chi connectivity index (χ4n) is 2.42. The Balaban J connectivity index is 2.40. The number of methoxy groups -OCH3 is 1. The molecule has 0 aliphatic carbocycles. The topological polar surface area (TPSA) is 46.6 Å². The summed E-state index contributed by atoms with van der Waals surface area (Å²) in [7, 11) is -2.83. The van der Waals surface area contributed by atoms with Gasteiger partial charge in [-0.2, -0.15) is 17.5 Å². The first kappa shape index (κ1) is 16.1. The van der Waals surface area contributed by atoms with E-state index in [0.29, 0.717) is 17.1 Å². The molecule has 0 saturated carbocycles. The lowest BCUT2D eigenvalue weighted by Crippen LogP contribution is -2.51. The molecule has 0 spiro atoms. The molecule has 1 aromatic carbocycles. The first-order valence-electron chi connectivity index (χ1n) is 6.49. The molecule has 21 heavy (non-hydrogen) atoms. The zero-order valence-corrected chi connectivity index (χ0v) is 12.2. The highest BCUT2D eigenvalue weighted by atomic mass is 32.2. The third kappa shape index (κ3) is 3.32. The average Bonchev–Trinajstić information content (AvgIpc) is 2.46. The molecule has 0 radical (unpaired) electrons. The van der Waals surface area contributed by atoms with Crippen molar-refractivity contribution in [3.05, 3.63) is 24.3 Å². The highest BCUT2D eigenvalue weighted by molar-refractivity contribution is 7.89. The SMILES string of the molecule is COc1cccc(S(=O)(=O)N2CCCCC2C(F)(F)F)c1. The monoisotopic (exact) mass is 323 g/mol. The molecule has 1 saturated heterocycles. The predicted molar refractivity (Wildman–Crippen MR) is 70.6 cm³/mol. The first-order chi connectivity index (χ1) is 9.76. The third-order valence-corrected chi connectivity index (χ3v) is 5.38. The minimum Gasteiger partial charge on any atom is -0.497 e. The van der Waals surface area contributed by atoms with Crippen molar-refractivity contribution in [2.75, 3.05) is 13.7 Å². The van der Waals surface area contributed by atoms with Gasteiger partial charge in [0.05, 0.1) is 12.0 Å². The molecule has 0 bridgehead atoms.